The van der Waals surface area contributed by atoms with E-state index in [1.165, 1.54) is 18.7 Å². The van der Waals surface area contributed by atoms with E-state index >= 15 is 0 Å². The summed E-state index contributed by atoms with van der Waals surface area (Å²) in [5, 5.41) is 10.8. The number of rotatable bonds is 9. The van der Waals surface area contributed by atoms with Crippen LogP contribution in [0.1, 0.15) is 47.3 Å². The summed E-state index contributed by atoms with van der Waals surface area (Å²) in [6, 6.07) is 14.9. The van der Waals surface area contributed by atoms with Crippen molar-refractivity contribution in [3.8, 4) is 11.6 Å². The van der Waals surface area contributed by atoms with Crippen molar-refractivity contribution in [2.45, 2.75) is 37.6 Å². The van der Waals surface area contributed by atoms with E-state index in [1.54, 1.807) is 18.2 Å². The standard InChI is InChI=1S/C23H24N2O4S/c1-3-11-29-20-10-9-17(15(2)26)12-18(20)13-19-21(27)24-23(25-22(19)28)30-14-16-7-5-4-6-8-16/h4-10,12H,3,11,13-14H2,1-2H3,(H2,24,25,27,28). The van der Waals surface area contributed by atoms with Gasteiger partial charge in [0.15, 0.2) is 10.9 Å². The van der Waals surface area contributed by atoms with Crippen molar-refractivity contribution in [3.05, 3.63) is 81.1 Å². The molecule has 0 spiro atoms. The Labute approximate surface area is 179 Å². The molecule has 0 aliphatic heterocycles. The lowest BCUT2D eigenvalue weighted by molar-refractivity contribution is 0.101. The molecule has 1 aromatic heterocycles. The van der Waals surface area contributed by atoms with Crippen molar-refractivity contribution in [3.63, 3.8) is 0 Å². The summed E-state index contributed by atoms with van der Waals surface area (Å²) in [7, 11) is 0. The Morgan fingerprint density at radius 2 is 1.97 bits per heavy atom. The molecule has 2 N–H and O–H groups in total. The van der Waals surface area contributed by atoms with Crippen LogP contribution in [0.4, 0.5) is 0 Å². The minimum Gasteiger partial charge on any atom is -0.493 e. The number of ether oxygens (including phenoxy) is 1. The first-order chi connectivity index (χ1) is 14.5. The molecule has 0 aliphatic rings. The molecule has 3 rings (SSSR count). The number of Topliss-reactive ketones (excluding diaryl/α,β-unsaturated/α-hetero) is 1. The summed E-state index contributed by atoms with van der Waals surface area (Å²) < 4.78 is 5.75. The second-order valence-corrected chi connectivity index (χ2v) is 7.82. The van der Waals surface area contributed by atoms with Gasteiger partial charge in [-0.1, -0.05) is 49.0 Å². The number of benzene rings is 2. The zero-order valence-electron chi connectivity index (χ0n) is 17.0. The molecular formula is C23H24N2O4S. The third kappa shape index (κ3) is 5.51. The molecule has 0 atom stereocenters. The average Bonchev–Trinajstić information content (AvgIpc) is 2.74. The Morgan fingerprint density at radius 3 is 2.63 bits per heavy atom. The maximum atomic E-state index is 12.6. The fourth-order valence-electron chi connectivity index (χ4n) is 2.90. The number of hydrogen-bond acceptors (Lipinski definition) is 6. The topological polar surface area (TPSA) is 92.3 Å². The largest absolute Gasteiger partial charge is 0.493 e. The van der Waals surface area contributed by atoms with Crippen molar-refractivity contribution in [1.82, 2.24) is 9.97 Å². The lowest BCUT2D eigenvalue weighted by Gasteiger charge is -2.13. The number of H-pyrrole nitrogens is 1. The van der Waals surface area contributed by atoms with Crippen molar-refractivity contribution >= 4 is 17.5 Å². The number of hydrogen-bond donors (Lipinski definition) is 2. The Morgan fingerprint density at radius 1 is 1.20 bits per heavy atom. The molecule has 6 nitrogen and oxygen atoms in total. The van der Waals surface area contributed by atoms with E-state index in [9.17, 15) is 14.7 Å². The van der Waals surface area contributed by atoms with Gasteiger partial charge in [0.05, 0.1) is 12.2 Å². The molecule has 0 fully saturated rings. The first-order valence-electron chi connectivity index (χ1n) is 9.73. The third-order valence-corrected chi connectivity index (χ3v) is 5.43. The van der Waals surface area contributed by atoms with Gasteiger partial charge in [0, 0.05) is 17.7 Å². The molecule has 7 heteroatoms. The van der Waals surface area contributed by atoms with Crippen molar-refractivity contribution in [1.29, 1.82) is 0 Å². The highest BCUT2D eigenvalue weighted by molar-refractivity contribution is 7.98. The first kappa shape index (κ1) is 21.6. The molecule has 0 saturated carbocycles. The quantitative estimate of drug-likeness (QED) is 0.301. The van der Waals surface area contributed by atoms with Crippen molar-refractivity contribution in [2.75, 3.05) is 6.61 Å². The molecule has 2 aromatic carbocycles. The predicted molar refractivity (Wildman–Crippen MR) is 118 cm³/mol. The van der Waals surface area contributed by atoms with Gasteiger partial charge in [-0.15, -0.1) is 0 Å². The number of thioether (sulfide) groups is 1. The number of aromatic amines is 1. The van der Waals surface area contributed by atoms with Gasteiger partial charge in [0.25, 0.3) is 5.56 Å². The molecule has 0 bridgehead atoms. The number of carbonyl (C=O) groups excluding carboxylic acids is 1. The number of nitrogens with zero attached hydrogens (tertiary/aromatic N) is 1. The van der Waals surface area contributed by atoms with Gasteiger partial charge in [0.1, 0.15) is 5.75 Å². The highest BCUT2D eigenvalue weighted by atomic mass is 32.2. The fourth-order valence-corrected chi connectivity index (χ4v) is 3.71. The minimum absolute atomic E-state index is 0.0813. The lowest BCUT2D eigenvalue weighted by atomic mass is 10.0. The van der Waals surface area contributed by atoms with E-state index in [0.717, 1.165) is 12.0 Å². The Hall–Kier alpha value is -3.06. The van der Waals surface area contributed by atoms with E-state index < -0.39 is 5.56 Å². The Balaban J connectivity index is 1.85. The maximum absolute atomic E-state index is 12.6. The number of aromatic nitrogens is 2. The Bertz CT molecular complexity index is 1080. The predicted octanol–water partition coefficient (Wildman–Crippen LogP) is 4.35. The molecule has 0 saturated heterocycles. The minimum atomic E-state index is -0.410. The molecule has 3 aromatic rings. The van der Waals surface area contributed by atoms with Crippen LogP contribution < -0.4 is 10.3 Å². The normalized spacial score (nSPS) is 10.7. The first-order valence-corrected chi connectivity index (χ1v) is 10.7. The molecular weight excluding hydrogens is 400 g/mol. The summed E-state index contributed by atoms with van der Waals surface area (Å²) in [6.07, 6.45) is 0.937. The zero-order chi connectivity index (χ0) is 21.5. The summed E-state index contributed by atoms with van der Waals surface area (Å²) in [5.41, 5.74) is 2.00. The van der Waals surface area contributed by atoms with Crippen LogP contribution in [0.25, 0.3) is 0 Å². The van der Waals surface area contributed by atoms with Crippen LogP contribution in [0.3, 0.4) is 0 Å². The van der Waals surface area contributed by atoms with E-state index in [4.69, 9.17) is 4.74 Å². The van der Waals surface area contributed by atoms with Gasteiger partial charge >= 0.3 is 0 Å². The number of ketones is 1. The summed E-state index contributed by atoms with van der Waals surface area (Å²) in [6.45, 7) is 3.99. The molecule has 0 unspecified atom stereocenters. The number of aromatic hydroxyl groups is 1. The van der Waals surface area contributed by atoms with Gasteiger partial charge < -0.3 is 14.8 Å². The molecule has 1 heterocycles. The van der Waals surface area contributed by atoms with Gasteiger partial charge in [-0.25, -0.2) is 0 Å². The van der Waals surface area contributed by atoms with Gasteiger partial charge in [-0.3, -0.25) is 9.59 Å². The second kappa shape index (κ2) is 10.1. The average molecular weight is 425 g/mol. The van der Waals surface area contributed by atoms with E-state index in [0.29, 0.717) is 34.4 Å². The fraction of sp³-hybridized carbons (Fsp3) is 0.261. The van der Waals surface area contributed by atoms with Crippen molar-refractivity contribution in [2.24, 2.45) is 0 Å². The molecule has 0 amide bonds. The van der Waals surface area contributed by atoms with Crippen molar-refractivity contribution < 1.29 is 14.6 Å². The molecule has 30 heavy (non-hydrogen) atoms. The molecule has 0 radical (unpaired) electrons. The van der Waals surface area contributed by atoms with Crippen LogP contribution in [-0.4, -0.2) is 27.5 Å². The van der Waals surface area contributed by atoms with Crippen LogP contribution in [0.15, 0.2) is 58.5 Å². The highest BCUT2D eigenvalue weighted by Crippen LogP contribution is 2.27. The summed E-state index contributed by atoms with van der Waals surface area (Å²) in [4.78, 5) is 31.3. The van der Waals surface area contributed by atoms with E-state index in [2.05, 4.69) is 9.97 Å². The SMILES string of the molecule is CCCOc1ccc(C(C)=O)cc1Cc1c(O)nc(SCc2ccccc2)[nH]c1=O. The van der Waals surface area contributed by atoms with Gasteiger partial charge in [0.2, 0.25) is 5.88 Å². The van der Waals surface area contributed by atoms with Crippen LogP contribution in [0, 0.1) is 0 Å². The summed E-state index contributed by atoms with van der Waals surface area (Å²) >= 11 is 1.34. The molecule has 156 valence electrons. The van der Waals surface area contributed by atoms with Crippen LogP contribution in [0.5, 0.6) is 11.6 Å². The zero-order valence-corrected chi connectivity index (χ0v) is 17.8. The Kier molecular flexibility index (Phi) is 7.30. The molecule has 0 aliphatic carbocycles. The van der Waals surface area contributed by atoms with Crippen LogP contribution in [-0.2, 0) is 12.2 Å². The number of carbonyl (C=O) groups is 1. The monoisotopic (exact) mass is 424 g/mol. The number of nitrogens with one attached hydrogen (secondary N) is 1. The van der Waals surface area contributed by atoms with E-state index in [1.807, 2.05) is 37.3 Å². The second-order valence-electron chi connectivity index (χ2n) is 6.85. The highest BCUT2D eigenvalue weighted by Gasteiger charge is 2.16. The maximum Gasteiger partial charge on any atom is 0.258 e. The lowest BCUT2D eigenvalue weighted by Crippen LogP contribution is -2.16. The van der Waals surface area contributed by atoms with Crippen LogP contribution >= 0.6 is 11.8 Å². The van der Waals surface area contributed by atoms with Crippen LogP contribution in [0.2, 0.25) is 0 Å². The smallest absolute Gasteiger partial charge is 0.258 e. The van der Waals surface area contributed by atoms with E-state index in [-0.39, 0.29) is 23.6 Å². The van der Waals surface area contributed by atoms with Gasteiger partial charge in [-0.2, -0.15) is 4.98 Å². The summed E-state index contributed by atoms with van der Waals surface area (Å²) in [5.74, 6) is 0.812. The van der Waals surface area contributed by atoms with Gasteiger partial charge in [-0.05, 0) is 42.7 Å². The third-order valence-electron chi connectivity index (χ3n) is 4.49.